The Morgan fingerprint density at radius 3 is 1.24 bits per heavy atom. The minimum Gasteiger partial charge on any atom is -0.201 e. The average molecular weight is 946 g/mol. The van der Waals surface area contributed by atoms with Crippen molar-refractivity contribution in [3.63, 3.8) is 0 Å². The molecule has 72 heavy (non-hydrogen) atoms. The summed E-state index contributed by atoms with van der Waals surface area (Å²) in [4.78, 5) is 0. The second-order valence-electron chi connectivity index (χ2n) is 22.4. The highest BCUT2D eigenvalue weighted by molar-refractivity contribution is 5.87. The summed E-state index contributed by atoms with van der Waals surface area (Å²) in [6.07, 6.45) is 6.00. The SMILES string of the molecule is Cc1cc2c(cc1-c1c(C)ccc[n+]1C)C(C)(C)c1ccccc1-2.Cc1cc[n+](C)c(-c2cc3c(cc2C)-c2ccccc2C3(C)C)c1.[2H]C([2H])([2H])c1ccc(-c2cc3c(cc2C)-c2ccccc2C3(C)C)[n+](C)c1. The summed E-state index contributed by atoms with van der Waals surface area (Å²) in [6.45, 7) is 22.8. The fourth-order valence-corrected chi connectivity index (χ4v) is 12.4. The van der Waals surface area contributed by atoms with Crippen LogP contribution in [-0.2, 0) is 37.4 Å². The Labute approximate surface area is 434 Å². The number of aryl methyl sites for hydroxylation is 9. The van der Waals surface area contributed by atoms with Crippen LogP contribution < -0.4 is 13.7 Å². The molecule has 0 unspecified atom stereocenters. The standard InChI is InChI=1S/3C23H24N/c1-15-9-8-12-24(5)22(15)18-14-21-19(13-16(18)2)17-10-6-7-11-20(17)23(21,3)4;1-15-10-11-22(24(5)14-15)18-13-21-19(12-16(18)2)17-8-6-7-9-20(17)23(21,3)4;1-15-10-11-24(5)22(12-15)18-14-21-19(13-16(18)2)17-8-6-7-9-20(17)23(21,3)4/h3*6-14H,1-5H3/q3*+1/i;1D3;. The second kappa shape index (κ2) is 17.8. The zero-order chi connectivity index (χ0) is 53.7. The summed E-state index contributed by atoms with van der Waals surface area (Å²) in [5.41, 5.74) is 31.0. The van der Waals surface area contributed by atoms with Crippen molar-refractivity contribution in [1.29, 1.82) is 0 Å². The third kappa shape index (κ3) is 7.93. The van der Waals surface area contributed by atoms with Crippen molar-refractivity contribution in [2.45, 2.75) is 99.3 Å². The predicted molar refractivity (Wildman–Crippen MR) is 300 cm³/mol. The van der Waals surface area contributed by atoms with Gasteiger partial charge in [0.25, 0.3) is 0 Å². The van der Waals surface area contributed by atoms with E-state index < -0.39 is 6.85 Å². The van der Waals surface area contributed by atoms with Crippen molar-refractivity contribution >= 4 is 0 Å². The molecule has 360 valence electrons. The highest BCUT2D eigenvalue weighted by Gasteiger charge is 2.39. The van der Waals surface area contributed by atoms with E-state index in [-0.39, 0.29) is 16.2 Å². The molecule has 0 saturated heterocycles. The monoisotopic (exact) mass is 946 g/mol. The third-order valence-electron chi connectivity index (χ3n) is 16.4. The van der Waals surface area contributed by atoms with Crippen molar-refractivity contribution in [2.24, 2.45) is 21.1 Å². The normalized spacial score (nSPS) is 15.2. The van der Waals surface area contributed by atoms with Crippen LogP contribution in [0.3, 0.4) is 0 Å². The van der Waals surface area contributed by atoms with E-state index in [1.807, 2.05) is 17.7 Å². The molecule has 0 atom stereocenters. The van der Waals surface area contributed by atoms with Crippen molar-refractivity contribution in [1.82, 2.24) is 0 Å². The molecule has 0 bridgehead atoms. The lowest BCUT2D eigenvalue weighted by Gasteiger charge is -2.22. The van der Waals surface area contributed by atoms with Crippen LogP contribution >= 0.6 is 0 Å². The van der Waals surface area contributed by atoms with Crippen LogP contribution in [0.4, 0.5) is 0 Å². The zero-order valence-electron chi connectivity index (χ0n) is 47.9. The van der Waals surface area contributed by atoms with Gasteiger partial charge in [0, 0.05) is 72.4 Å². The van der Waals surface area contributed by atoms with Crippen LogP contribution in [0.1, 0.15) is 112 Å². The lowest BCUT2D eigenvalue weighted by atomic mass is 9.81. The highest BCUT2D eigenvalue weighted by atomic mass is 14.9. The van der Waals surface area contributed by atoms with Crippen LogP contribution in [0.5, 0.6) is 0 Å². The van der Waals surface area contributed by atoms with E-state index in [4.69, 9.17) is 4.11 Å². The van der Waals surface area contributed by atoms with Crippen molar-refractivity contribution in [2.75, 3.05) is 0 Å². The maximum atomic E-state index is 7.63. The Bertz CT molecular complexity index is 3760. The Kier molecular flexibility index (Phi) is 11.1. The molecule has 0 aliphatic heterocycles. The largest absolute Gasteiger partial charge is 0.215 e. The fourth-order valence-electron chi connectivity index (χ4n) is 12.4. The first kappa shape index (κ1) is 44.7. The van der Waals surface area contributed by atoms with Gasteiger partial charge in [0.2, 0.25) is 17.1 Å². The molecule has 0 radical (unpaired) electrons. The van der Waals surface area contributed by atoms with Crippen molar-refractivity contribution < 1.29 is 17.8 Å². The van der Waals surface area contributed by atoms with Gasteiger partial charge in [-0.25, -0.2) is 13.7 Å². The van der Waals surface area contributed by atoms with Gasteiger partial charge in [0.05, 0.1) is 0 Å². The van der Waals surface area contributed by atoms with Crippen molar-refractivity contribution in [3.8, 4) is 67.2 Å². The zero-order valence-corrected chi connectivity index (χ0v) is 44.9. The fraction of sp³-hybridized carbons (Fsp3) is 0.261. The molecule has 3 nitrogen and oxygen atoms in total. The first-order chi connectivity index (χ1) is 35.4. The molecule has 6 aromatic carbocycles. The van der Waals surface area contributed by atoms with E-state index >= 15 is 0 Å². The number of hydrogen-bond acceptors (Lipinski definition) is 0. The summed E-state index contributed by atoms with van der Waals surface area (Å²) in [5.74, 6) is 0. The van der Waals surface area contributed by atoms with Gasteiger partial charge >= 0.3 is 0 Å². The number of aromatic nitrogens is 3. The van der Waals surface area contributed by atoms with Crippen LogP contribution in [-0.4, -0.2) is 0 Å². The molecule has 3 aliphatic rings. The quantitative estimate of drug-likeness (QED) is 0.156. The molecular formula is C69H72N3+3. The van der Waals surface area contributed by atoms with Gasteiger partial charge in [-0.2, -0.15) is 0 Å². The summed E-state index contributed by atoms with van der Waals surface area (Å²) < 4.78 is 29.3. The number of nitrogens with zero attached hydrogens (tertiary/aromatic N) is 3. The van der Waals surface area contributed by atoms with Gasteiger partial charge in [-0.05, 0) is 161 Å². The minimum absolute atomic E-state index is 0.0500. The molecule has 0 amide bonds. The maximum Gasteiger partial charge on any atom is 0.215 e. The second-order valence-corrected chi connectivity index (χ2v) is 22.4. The van der Waals surface area contributed by atoms with Gasteiger partial charge < -0.3 is 0 Å². The number of pyridine rings is 3. The Morgan fingerprint density at radius 2 is 0.778 bits per heavy atom. The van der Waals surface area contributed by atoms with Crippen LogP contribution in [0.15, 0.2) is 164 Å². The molecule has 3 aliphatic carbocycles. The predicted octanol–water partition coefficient (Wildman–Crippen LogP) is 15.3. The van der Waals surface area contributed by atoms with E-state index in [1.54, 1.807) is 12.3 Å². The summed E-state index contributed by atoms with van der Waals surface area (Å²) in [5, 5.41) is 0. The van der Waals surface area contributed by atoms with Crippen molar-refractivity contribution in [3.05, 3.63) is 231 Å². The topological polar surface area (TPSA) is 11.6 Å². The van der Waals surface area contributed by atoms with Gasteiger partial charge in [0.15, 0.2) is 18.6 Å². The Hall–Kier alpha value is -7.23. The molecule has 3 aromatic heterocycles. The molecule has 3 heterocycles. The number of fused-ring (bicyclic) bond motifs is 9. The van der Waals surface area contributed by atoms with E-state index in [1.165, 1.54) is 117 Å². The number of rotatable bonds is 3. The molecular weight excluding hydrogens is 871 g/mol. The van der Waals surface area contributed by atoms with E-state index in [0.29, 0.717) is 5.56 Å². The number of hydrogen-bond donors (Lipinski definition) is 0. The minimum atomic E-state index is -2.09. The van der Waals surface area contributed by atoms with Gasteiger partial charge in [-0.1, -0.05) is 133 Å². The summed E-state index contributed by atoms with van der Waals surface area (Å²) >= 11 is 0. The highest BCUT2D eigenvalue weighted by Crippen LogP contribution is 2.53. The lowest BCUT2D eigenvalue weighted by molar-refractivity contribution is -0.660. The molecule has 0 fully saturated rings. The van der Waals surface area contributed by atoms with E-state index in [0.717, 1.165) is 11.3 Å². The molecule has 0 saturated carbocycles. The third-order valence-corrected chi connectivity index (χ3v) is 16.4. The average Bonchev–Trinajstić information content (AvgIpc) is 3.88. The van der Waals surface area contributed by atoms with Gasteiger partial charge in [-0.15, -0.1) is 0 Å². The smallest absolute Gasteiger partial charge is 0.201 e. The Morgan fingerprint density at radius 1 is 0.333 bits per heavy atom. The number of benzene rings is 6. The maximum absolute atomic E-state index is 7.63. The molecule has 9 aromatic rings. The van der Waals surface area contributed by atoms with Crippen LogP contribution in [0.25, 0.3) is 67.2 Å². The van der Waals surface area contributed by atoms with Gasteiger partial charge in [0.1, 0.15) is 21.1 Å². The van der Waals surface area contributed by atoms with Gasteiger partial charge in [-0.3, -0.25) is 0 Å². The van der Waals surface area contributed by atoms with E-state index in [9.17, 15) is 0 Å². The summed E-state index contributed by atoms with van der Waals surface area (Å²) in [7, 11) is 6.17. The summed E-state index contributed by atoms with van der Waals surface area (Å²) in [6, 6.07) is 52.8. The molecule has 3 heteroatoms. The first-order valence-corrected chi connectivity index (χ1v) is 25.6. The molecule has 0 spiro atoms. The van der Waals surface area contributed by atoms with E-state index in [2.05, 4.69) is 245 Å². The Balaban J connectivity index is 0.000000129. The van der Waals surface area contributed by atoms with Crippen LogP contribution in [0.2, 0.25) is 0 Å². The molecule has 0 N–H and O–H groups in total. The molecule has 12 rings (SSSR count). The van der Waals surface area contributed by atoms with Crippen LogP contribution in [0, 0.1) is 41.5 Å². The lowest BCUT2D eigenvalue weighted by Crippen LogP contribution is -2.31. The first-order valence-electron chi connectivity index (χ1n) is 27.1.